The Kier molecular flexibility index (Phi) is 7.77. The molecule has 0 N–H and O–H groups in total. The Morgan fingerprint density at radius 2 is 1.55 bits per heavy atom. The number of nitro groups is 1. The number of rotatable bonds is 5. The molecule has 0 aliphatic carbocycles. The lowest BCUT2D eigenvalue weighted by Gasteiger charge is -2.36. The molecule has 1 aromatic carbocycles. The van der Waals surface area contributed by atoms with E-state index in [9.17, 15) is 19.7 Å². The molecule has 0 spiro atoms. The van der Waals surface area contributed by atoms with Crippen molar-refractivity contribution in [3.05, 3.63) is 33.9 Å². The summed E-state index contributed by atoms with van der Waals surface area (Å²) in [5.74, 6) is -0.0244. The number of piperazine rings is 1. The normalized spacial score (nSPS) is 20.4. The lowest BCUT2D eigenvalue weighted by molar-refractivity contribution is -0.384. The minimum atomic E-state index is -0.466. The van der Waals surface area contributed by atoms with E-state index in [-0.39, 0.29) is 17.5 Å². The van der Waals surface area contributed by atoms with Crippen LogP contribution in [0.3, 0.4) is 0 Å². The fourth-order valence-electron chi connectivity index (χ4n) is 4.78. The number of non-ortho nitro benzene ring substituents is 1. The largest absolute Gasteiger partial charge is 0.378 e. The molecule has 3 aliphatic heterocycles. The van der Waals surface area contributed by atoms with Crippen molar-refractivity contribution in [3.63, 3.8) is 0 Å². The number of nitro benzene ring substituents is 1. The molecular weight excluding hydrogens is 426 g/mol. The molecule has 0 atom stereocenters. The SMILES string of the molecule is O=C(CN1CCN(C(=O)c2cc([N+](=O)[O-])ccc2N2CCOCC2)CC1)N1CCCCCC1. The zero-order chi connectivity index (χ0) is 23.2. The number of hydrogen-bond donors (Lipinski definition) is 0. The Bertz CT molecular complexity index is 857. The maximum absolute atomic E-state index is 13.4. The van der Waals surface area contributed by atoms with Crippen molar-refractivity contribution >= 4 is 23.2 Å². The van der Waals surface area contributed by atoms with E-state index < -0.39 is 4.92 Å². The fraction of sp³-hybridized carbons (Fsp3) is 0.652. The van der Waals surface area contributed by atoms with Crippen LogP contribution in [-0.4, -0.2) is 104 Å². The van der Waals surface area contributed by atoms with Crippen LogP contribution in [0.2, 0.25) is 0 Å². The first-order valence-electron chi connectivity index (χ1n) is 11.9. The van der Waals surface area contributed by atoms with Gasteiger partial charge in [-0.05, 0) is 18.9 Å². The number of ether oxygens (including phenoxy) is 1. The predicted octanol–water partition coefficient (Wildman–Crippen LogP) is 1.59. The van der Waals surface area contributed by atoms with E-state index in [4.69, 9.17) is 4.74 Å². The third kappa shape index (κ3) is 5.80. The monoisotopic (exact) mass is 459 g/mol. The molecule has 1 aromatic rings. The highest BCUT2D eigenvalue weighted by atomic mass is 16.6. The van der Waals surface area contributed by atoms with Crippen LogP contribution in [0.25, 0.3) is 0 Å². The highest BCUT2D eigenvalue weighted by molar-refractivity contribution is 6.00. The van der Waals surface area contributed by atoms with Crippen LogP contribution in [0, 0.1) is 10.1 Å². The van der Waals surface area contributed by atoms with Crippen LogP contribution in [0.4, 0.5) is 11.4 Å². The lowest BCUT2D eigenvalue weighted by atomic mass is 10.1. The van der Waals surface area contributed by atoms with Crippen molar-refractivity contribution in [1.82, 2.24) is 14.7 Å². The summed E-state index contributed by atoms with van der Waals surface area (Å²) in [6.45, 7) is 6.72. The number of benzene rings is 1. The molecule has 3 fully saturated rings. The quantitative estimate of drug-likeness (QED) is 0.487. The molecule has 2 amide bonds. The third-order valence-electron chi connectivity index (χ3n) is 6.75. The summed E-state index contributed by atoms with van der Waals surface area (Å²) in [5.41, 5.74) is 0.991. The second-order valence-corrected chi connectivity index (χ2v) is 8.92. The van der Waals surface area contributed by atoms with Gasteiger partial charge < -0.3 is 19.4 Å². The van der Waals surface area contributed by atoms with E-state index in [1.165, 1.54) is 25.0 Å². The first kappa shape index (κ1) is 23.4. The standard InChI is InChI=1S/C23H33N5O5/c29-22(26-7-3-1-2-4-8-26)18-24-9-11-27(12-10-24)23(30)20-17-19(28(31)32)5-6-21(20)25-13-15-33-16-14-25/h5-6,17H,1-4,7-16,18H2. The first-order valence-corrected chi connectivity index (χ1v) is 11.9. The van der Waals surface area contributed by atoms with Crippen LogP contribution in [-0.2, 0) is 9.53 Å². The molecule has 4 rings (SSSR count). The van der Waals surface area contributed by atoms with E-state index >= 15 is 0 Å². The number of morpholine rings is 1. The van der Waals surface area contributed by atoms with Crippen molar-refractivity contribution < 1.29 is 19.2 Å². The summed E-state index contributed by atoms with van der Waals surface area (Å²) in [4.78, 5) is 44.9. The van der Waals surface area contributed by atoms with Gasteiger partial charge in [-0.3, -0.25) is 24.6 Å². The minimum Gasteiger partial charge on any atom is -0.378 e. The van der Waals surface area contributed by atoms with Gasteiger partial charge in [0.1, 0.15) is 0 Å². The van der Waals surface area contributed by atoms with E-state index in [2.05, 4.69) is 9.80 Å². The van der Waals surface area contributed by atoms with Gasteiger partial charge in [0.25, 0.3) is 11.6 Å². The maximum atomic E-state index is 13.4. The van der Waals surface area contributed by atoms with Crippen LogP contribution in [0.1, 0.15) is 36.0 Å². The van der Waals surface area contributed by atoms with Crippen molar-refractivity contribution in [3.8, 4) is 0 Å². The summed E-state index contributed by atoms with van der Waals surface area (Å²) in [7, 11) is 0. The molecule has 3 aliphatic rings. The second kappa shape index (κ2) is 10.9. The van der Waals surface area contributed by atoms with Gasteiger partial charge in [0.15, 0.2) is 0 Å². The number of amides is 2. The molecule has 10 heteroatoms. The number of anilines is 1. The molecule has 10 nitrogen and oxygen atoms in total. The predicted molar refractivity (Wildman–Crippen MR) is 124 cm³/mol. The van der Waals surface area contributed by atoms with Gasteiger partial charge in [-0.15, -0.1) is 0 Å². The van der Waals surface area contributed by atoms with E-state index in [0.29, 0.717) is 70.3 Å². The van der Waals surface area contributed by atoms with Crippen LogP contribution in [0.5, 0.6) is 0 Å². The summed E-state index contributed by atoms with van der Waals surface area (Å²) in [5, 5.41) is 11.3. The Morgan fingerprint density at radius 1 is 0.879 bits per heavy atom. The number of carbonyl (C=O) groups excluding carboxylic acids is 2. The number of nitrogens with zero attached hydrogens (tertiary/aromatic N) is 5. The lowest BCUT2D eigenvalue weighted by Crippen LogP contribution is -2.52. The average molecular weight is 460 g/mol. The Balaban J connectivity index is 1.40. The zero-order valence-corrected chi connectivity index (χ0v) is 19.1. The van der Waals surface area contributed by atoms with Crippen molar-refractivity contribution in [2.24, 2.45) is 0 Å². The molecule has 0 bridgehead atoms. The fourth-order valence-corrected chi connectivity index (χ4v) is 4.78. The smallest absolute Gasteiger partial charge is 0.270 e. The molecule has 0 radical (unpaired) electrons. The molecule has 0 saturated carbocycles. The summed E-state index contributed by atoms with van der Waals surface area (Å²) in [6.07, 6.45) is 4.52. The second-order valence-electron chi connectivity index (χ2n) is 8.92. The Morgan fingerprint density at radius 3 is 2.18 bits per heavy atom. The highest BCUT2D eigenvalue weighted by Gasteiger charge is 2.29. The third-order valence-corrected chi connectivity index (χ3v) is 6.75. The Labute approximate surface area is 194 Å². The summed E-state index contributed by atoms with van der Waals surface area (Å²) >= 11 is 0. The van der Waals surface area contributed by atoms with Gasteiger partial charge in [-0.2, -0.15) is 0 Å². The van der Waals surface area contributed by atoms with E-state index in [0.717, 1.165) is 25.9 Å². The minimum absolute atomic E-state index is 0.0861. The van der Waals surface area contributed by atoms with Gasteiger partial charge in [0.05, 0.1) is 35.9 Å². The highest BCUT2D eigenvalue weighted by Crippen LogP contribution is 2.28. The van der Waals surface area contributed by atoms with Gasteiger partial charge in [0, 0.05) is 64.5 Å². The molecule has 3 saturated heterocycles. The Hall–Kier alpha value is -2.72. The maximum Gasteiger partial charge on any atom is 0.270 e. The number of likely N-dealkylation sites (tertiary alicyclic amines) is 1. The van der Waals surface area contributed by atoms with Crippen molar-refractivity contribution in [1.29, 1.82) is 0 Å². The molecular formula is C23H33N5O5. The van der Waals surface area contributed by atoms with Gasteiger partial charge >= 0.3 is 0 Å². The number of carbonyl (C=O) groups is 2. The van der Waals surface area contributed by atoms with E-state index in [1.807, 2.05) is 4.90 Å². The van der Waals surface area contributed by atoms with Crippen molar-refractivity contribution in [2.45, 2.75) is 25.7 Å². The summed E-state index contributed by atoms with van der Waals surface area (Å²) in [6, 6.07) is 4.52. The number of hydrogen-bond acceptors (Lipinski definition) is 7. The zero-order valence-electron chi connectivity index (χ0n) is 19.1. The van der Waals surface area contributed by atoms with Gasteiger partial charge in [0.2, 0.25) is 5.91 Å². The van der Waals surface area contributed by atoms with Gasteiger partial charge in [-0.25, -0.2) is 0 Å². The van der Waals surface area contributed by atoms with Crippen molar-refractivity contribution in [2.75, 3.05) is 77.0 Å². The molecule has 0 aromatic heterocycles. The average Bonchev–Trinajstić information content (AvgIpc) is 3.14. The van der Waals surface area contributed by atoms with Crippen LogP contribution < -0.4 is 4.90 Å². The molecule has 3 heterocycles. The van der Waals surface area contributed by atoms with Crippen LogP contribution >= 0.6 is 0 Å². The molecule has 33 heavy (non-hydrogen) atoms. The van der Waals surface area contributed by atoms with Gasteiger partial charge in [-0.1, -0.05) is 12.8 Å². The van der Waals surface area contributed by atoms with Crippen LogP contribution in [0.15, 0.2) is 18.2 Å². The molecule has 180 valence electrons. The molecule has 0 unspecified atom stereocenters. The topological polar surface area (TPSA) is 99.5 Å². The van der Waals surface area contributed by atoms with E-state index in [1.54, 1.807) is 11.0 Å². The summed E-state index contributed by atoms with van der Waals surface area (Å²) < 4.78 is 5.41. The first-order chi connectivity index (χ1) is 16.0.